The summed E-state index contributed by atoms with van der Waals surface area (Å²) in [5.74, 6) is 1.72. The lowest BCUT2D eigenvalue weighted by Crippen LogP contribution is -2.41. The molecule has 0 amide bonds. The zero-order chi connectivity index (χ0) is 40.2. The zero-order valence-electron chi connectivity index (χ0n) is 33.3. The fourth-order valence-electron chi connectivity index (χ4n) is 8.67. The SMILES string of the molecule is Cc1ccccc1Nc1cc2c(cc1-c1c3c(cc4ccccc14)N(c1ccccc1C)c1ccc(N(c4ccccc4)c4ccccc4)cc1[B]3)Oc1ccccc1S2. The van der Waals surface area contributed by atoms with Gasteiger partial charge in [-0.1, -0.05) is 126 Å². The Bertz CT molecular complexity index is 3060. The number of rotatable bonds is 7. The summed E-state index contributed by atoms with van der Waals surface area (Å²) >= 11 is 1.75. The van der Waals surface area contributed by atoms with Crippen molar-refractivity contribution in [1.82, 2.24) is 0 Å². The maximum Gasteiger partial charge on any atom is 0.198 e. The van der Waals surface area contributed by atoms with Crippen LogP contribution in [0, 0.1) is 13.8 Å². The fraction of sp³-hybridized carbons (Fsp3) is 0.0370. The molecule has 0 fully saturated rings. The Kier molecular flexibility index (Phi) is 8.94. The van der Waals surface area contributed by atoms with E-state index in [1.165, 1.54) is 16.5 Å². The number of aryl methyl sites for hydroxylation is 2. The van der Waals surface area contributed by atoms with E-state index in [-0.39, 0.29) is 0 Å². The van der Waals surface area contributed by atoms with Crippen LogP contribution in [0.25, 0.3) is 21.9 Å². The average molecular weight is 789 g/mol. The molecule has 2 aliphatic heterocycles. The molecule has 0 atom stereocenters. The minimum Gasteiger partial charge on any atom is -0.455 e. The number of nitrogens with zero attached hydrogens (tertiary/aromatic N) is 2. The molecule has 9 aromatic carbocycles. The summed E-state index contributed by atoms with van der Waals surface area (Å²) in [6.45, 7) is 4.36. The predicted octanol–water partition coefficient (Wildman–Crippen LogP) is 14.0. The number of hydrogen-bond donors (Lipinski definition) is 1. The van der Waals surface area contributed by atoms with Crippen LogP contribution in [0.3, 0.4) is 0 Å². The standard InChI is InChI=1S/C54H39BN3OS/c1-35-17-9-13-25-44(35)56-45-34-52-50(59-49-27-15-16-28-51(49)60-52)33-42(45)53-41-24-12-11-19-37(41)31-48-54(53)55-43-32-40(29-30-47(43)58(48)46-26-14-10-18-36(46)2)57(38-20-5-3-6-21-38)39-22-7-4-8-23-39/h3-34,56H,1-2H3. The summed E-state index contributed by atoms with van der Waals surface area (Å²) in [6, 6.07) is 69.3. The summed E-state index contributed by atoms with van der Waals surface area (Å²) in [5.41, 5.74) is 15.6. The van der Waals surface area contributed by atoms with Crippen LogP contribution in [0.4, 0.5) is 45.5 Å². The van der Waals surface area contributed by atoms with Crippen molar-refractivity contribution in [3.63, 3.8) is 0 Å². The predicted molar refractivity (Wildman–Crippen MR) is 254 cm³/mol. The van der Waals surface area contributed by atoms with E-state index < -0.39 is 0 Å². The van der Waals surface area contributed by atoms with Gasteiger partial charge in [-0.25, -0.2) is 0 Å². The Morgan fingerprint density at radius 1 is 0.517 bits per heavy atom. The normalized spacial score (nSPS) is 12.3. The first-order valence-electron chi connectivity index (χ1n) is 20.3. The van der Waals surface area contributed by atoms with Gasteiger partial charge in [0.15, 0.2) is 7.28 Å². The first kappa shape index (κ1) is 36.0. The molecule has 9 aromatic rings. The van der Waals surface area contributed by atoms with Gasteiger partial charge in [0.05, 0.1) is 9.79 Å². The molecular formula is C54H39BN3OS. The Hall–Kier alpha value is -7.15. The molecular weight excluding hydrogens is 749 g/mol. The van der Waals surface area contributed by atoms with Crippen LogP contribution in [0.2, 0.25) is 0 Å². The molecule has 11 rings (SSSR count). The van der Waals surface area contributed by atoms with Crippen LogP contribution >= 0.6 is 11.8 Å². The maximum atomic E-state index is 6.74. The number of anilines is 8. The van der Waals surface area contributed by atoms with E-state index in [2.05, 4.69) is 224 Å². The molecule has 0 unspecified atom stereocenters. The Labute approximate surface area is 356 Å². The van der Waals surface area contributed by atoms with E-state index in [4.69, 9.17) is 4.74 Å². The highest BCUT2D eigenvalue weighted by molar-refractivity contribution is 7.99. The summed E-state index contributed by atoms with van der Waals surface area (Å²) in [5, 5.41) is 6.25. The topological polar surface area (TPSA) is 27.7 Å². The van der Waals surface area contributed by atoms with Crippen molar-refractivity contribution in [1.29, 1.82) is 0 Å². The smallest absolute Gasteiger partial charge is 0.198 e. The Morgan fingerprint density at radius 2 is 1.20 bits per heavy atom. The number of benzene rings is 9. The third kappa shape index (κ3) is 6.28. The molecule has 1 N–H and O–H groups in total. The second kappa shape index (κ2) is 14.9. The first-order valence-corrected chi connectivity index (χ1v) is 21.2. The van der Waals surface area contributed by atoms with Gasteiger partial charge in [-0.05, 0) is 132 Å². The Morgan fingerprint density at radius 3 is 1.98 bits per heavy atom. The van der Waals surface area contributed by atoms with Gasteiger partial charge in [0, 0.05) is 51.1 Å². The number of ether oxygens (including phenoxy) is 1. The lowest BCUT2D eigenvalue weighted by Gasteiger charge is -2.37. The Balaban J connectivity index is 1.17. The van der Waals surface area contributed by atoms with Crippen molar-refractivity contribution in [3.8, 4) is 22.6 Å². The summed E-state index contributed by atoms with van der Waals surface area (Å²) in [7, 11) is 2.40. The zero-order valence-corrected chi connectivity index (χ0v) is 34.1. The van der Waals surface area contributed by atoms with Crippen LogP contribution in [0.1, 0.15) is 11.1 Å². The third-order valence-electron chi connectivity index (χ3n) is 11.6. The van der Waals surface area contributed by atoms with Crippen molar-refractivity contribution < 1.29 is 4.74 Å². The quantitative estimate of drug-likeness (QED) is 0.162. The molecule has 285 valence electrons. The molecule has 1 radical (unpaired) electrons. The van der Waals surface area contributed by atoms with E-state index in [0.29, 0.717) is 0 Å². The van der Waals surface area contributed by atoms with Crippen LogP contribution in [-0.4, -0.2) is 7.28 Å². The van der Waals surface area contributed by atoms with Crippen LogP contribution < -0.4 is 30.8 Å². The summed E-state index contributed by atoms with van der Waals surface area (Å²) < 4.78 is 6.74. The molecule has 0 bridgehead atoms. The van der Waals surface area contributed by atoms with Crippen LogP contribution in [-0.2, 0) is 0 Å². The van der Waals surface area contributed by atoms with Crippen molar-refractivity contribution in [2.24, 2.45) is 0 Å². The average Bonchev–Trinajstić information content (AvgIpc) is 3.28. The molecule has 2 heterocycles. The first-order chi connectivity index (χ1) is 29.6. The van der Waals surface area contributed by atoms with Gasteiger partial charge in [0.2, 0.25) is 0 Å². The highest BCUT2D eigenvalue weighted by Gasteiger charge is 2.32. The van der Waals surface area contributed by atoms with Gasteiger partial charge in [-0.2, -0.15) is 0 Å². The number of fused-ring (bicyclic) bond motifs is 5. The largest absolute Gasteiger partial charge is 0.455 e. The van der Waals surface area contributed by atoms with Gasteiger partial charge in [-0.15, -0.1) is 0 Å². The molecule has 0 saturated carbocycles. The van der Waals surface area contributed by atoms with E-state index in [1.54, 1.807) is 11.8 Å². The summed E-state index contributed by atoms with van der Waals surface area (Å²) in [4.78, 5) is 6.98. The lowest BCUT2D eigenvalue weighted by molar-refractivity contribution is 0.455. The number of para-hydroxylation sites is 5. The van der Waals surface area contributed by atoms with Crippen molar-refractivity contribution in [2.45, 2.75) is 23.6 Å². The number of nitrogens with one attached hydrogen (secondary N) is 1. The van der Waals surface area contributed by atoms with E-state index in [9.17, 15) is 0 Å². The molecule has 0 spiro atoms. The van der Waals surface area contributed by atoms with E-state index in [1.807, 2.05) is 6.07 Å². The minimum atomic E-state index is 0.848. The van der Waals surface area contributed by atoms with Crippen LogP contribution in [0.5, 0.6) is 11.5 Å². The van der Waals surface area contributed by atoms with Gasteiger partial charge in [0.1, 0.15) is 11.5 Å². The third-order valence-corrected chi connectivity index (χ3v) is 12.7. The summed E-state index contributed by atoms with van der Waals surface area (Å²) in [6.07, 6.45) is 0. The maximum absolute atomic E-state index is 6.74. The second-order valence-electron chi connectivity index (χ2n) is 15.4. The highest BCUT2D eigenvalue weighted by Crippen LogP contribution is 2.52. The molecule has 2 aliphatic rings. The monoisotopic (exact) mass is 788 g/mol. The van der Waals surface area contributed by atoms with E-state index >= 15 is 0 Å². The van der Waals surface area contributed by atoms with Crippen molar-refractivity contribution >= 4 is 86.2 Å². The van der Waals surface area contributed by atoms with Gasteiger partial charge >= 0.3 is 0 Å². The molecule has 0 saturated heterocycles. The van der Waals surface area contributed by atoms with E-state index in [0.717, 1.165) is 94.2 Å². The second-order valence-corrected chi connectivity index (χ2v) is 16.4. The van der Waals surface area contributed by atoms with Gasteiger partial charge < -0.3 is 19.9 Å². The molecule has 0 aliphatic carbocycles. The number of hydrogen-bond acceptors (Lipinski definition) is 5. The van der Waals surface area contributed by atoms with Gasteiger partial charge in [0.25, 0.3) is 0 Å². The fourth-order valence-corrected chi connectivity index (χ4v) is 9.65. The van der Waals surface area contributed by atoms with Crippen molar-refractivity contribution in [2.75, 3.05) is 15.1 Å². The lowest BCUT2D eigenvalue weighted by atomic mass is 9.57. The van der Waals surface area contributed by atoms with Crippen LogP contribution in [0.15, 0.2) is 204 Å². The highest BCUT2D eigenvalue weighted by atomic mass is 32.2. The van der Waals surface area contributed by atoms with Crippen molar-refractivity contribution in [3.05, 3.63) is 205 Å². The molecule has 0 aromatic heterocycles. The molecule has 4 nitrogen and oxygen atoms in total. The van der Waals surface area contributed by atoms with Gasteiger partial charge in [-0.3, -0.25) is 0 Å². The molecule has 60 heavy (non-hydrogen) atoms. The minimum absolute atomic E-state index is 0.848. The molecule has 6 heteroatoms.